The zero-order valence-electron chi connectivity index (χ0n) is 10.9. The van der Waals surface area contributed by atoms with Crippen LogP contribution in [-0.2, 0) is 6.42 Å². The highest BCUT2D eigenvalue weighted by Gasteiger charge is 2.25. The summed E-state index contributed by atoms with van der Waals surface area (Å²) in [5, 5.41) is 3.38. The van der Waals surface area contributed by atoms with Gasteiger partial charge in [0.15, 0.2) is 0 Å². The zero-order valence-corrected chi connectivity index (χ0v) is 10.9. The number of benzene rings is 1. The first-order valence-electron chi connectivity index (χ1n) is 6.40. The SMILES string of the molecule is Cc1cnc(NN)nc1NCC1Cc2ccccc21. The van der Waals surface area contributed by atoms with Crippen molar-refractivity contribution in [3.05, 3.63) is 47.2 Å². The van der Waals surface area contributed by atoms with Gasteiger partial charge in [-0.05, 0) is 24.5 Å². The van der Waals surface area contributed by atoms with Crippen molar-refractivity contribution < 1.29 is 0 Å². The van der Waals surface area contributed by atoms with Crippen molar-refractivity contribution in [1.82, 2.24) is 9.97 Å². The largest absolute Gasteiger partial charge is 0.369 e. The molecule has 4 N–H and O–H groups in total. The van der Waals surface area contributed by atoms with E-state index >= 15 is 0 Å². The maximum atomic E-state index is 5.32. The lowest BCUT2D eigenvalue weighted by Gasteiger charge is -2.30. The van der Waals surface area contributed by atoms with E-state index < -0.39 is 0 Å². The highest BCUT2D eigenvalue weighted by atomic mass is 15.3. The van der Waals surface area contributed by atoms with Crippen LogP contribution >= 0.6 is 0 Å². The number of anilines is 2. The number of aryl methyl sites for hydroxylation is 1. The standard InChI is InChI=1S/C14H17N5/c1-9-7-17-14(19-15)18-13(9)16-8-11-6-10-4-2-3-5-12(10)11/h2-5,7,11H,6,8,15H2,1H3,(H2,16,17,18,19). The molecule has 0 amide bonds. The summed E-state index contributed by atoms with van der Waals surface area (Å²) < 4.78 is 0. The van der Waals surface area contributed by atoms with E-state index in [-0.39, 0.29) is 0 Å². The number of aromatic nitrogens is 2. The third-order valence-electron chi connectivity index (χ3n) is 3.58. The lowest BCUT2D eigenvalue weighted by molar-refractivity contribution is 0.634. The topological polar surface area (TPSA) is 75.9 Å². The van der Waals surface area contributed by atoms with Crippen LogP contribution < -0.4 is 16.6 Å². The molecule has 5 nitrogen and oxygen atoms in total. The normalized spacial score (nSPS) is 16.4. The van der Waals surface area contributed by atoms with Crippen LogP contribution in [0.25, 0.3) is 0 Å². The molecule has 1 unspecified atom stereocenters. The molecule has 0 aliphatic heterocycles. The smallest absolute Gasteiger partial charge is 0.239 e. The maximum absolute atomic E-state index is 5.32. The minimum Gasteiger partial charge on any atom is -0.369 e. The molecule has 1 aliphatic rings. The number of rotatable bonds is 4. The second-order valence-corrected chi connectivity index (χ2v) is 4.85. The van der Waals surface area contributed by atoms with Gasteiger partial charge in [-0.15, -0.1) is 0 Å². The van der Waals surface area contributed by atoms with E-state index in [2.05, 4.69) is 45.0 Å². The van der Waals surface area contributed by atoms with Gasteiger partial charge < -0.3 is 5.32 Å². The molecule has 0 saturated carbocycles. The molecule has 0 fully saturated rings. The van der Waals surface area contributed by atoms with E-state index in [0.29, 0.717) is 11.9 Å². The fraction of sp³-hybridized carbons (Fsp3) is 0.286. The van der Waals surface area contributed by atoms with Crippen molar-refractivity contribution in [3.8, 4) is 0 Å². The average molecular weight is 255 g/mol. The molecule has 1 heterocycles. The molecule has 2 aromatic rings. The van der Waals surface area contributed by atoms with Gasteiger partial charge in [0, 0.05) is 24.2 Å². The number of hydrazine groups is 1. The van der Waals surface area contributed by atoms with Crippen LogP contribution in [0, 0.1) is 6.92 Å². The number of hydrogen-bond donors (Lipinski definition) is 3. The molecule has 0 spiro atoms. The summed E-state index contributed by atoms with van der Waals surface area (Å²) in [7, 11) is 0. The molecule has 0 saturated heterocycles. The van der Waals surface area contributed by atoms with Gasteiger partial charge in [0.2, 0.25) is 5.95 Å². The summed E-state index contributed by atoms with van der Waals surface area (Å²) >= 11 is 0. The monoisotopic (exact) mass is 255 g/mol. The van der Waals surface area contributed by atoms with Gasteiger partial charge in [0.1, 0.15) is 5.82 Å². The van der Waals surface area contributed by atoms with Crippen molar-refractivity contribution in [2.24, 2.45) is 5.84 Å². The van der Waals surface area contributed by atoms with Gasteiger partial charge in [-0.2, -0.15) is 4.98 Å². The number of nitrogen functional groups attached to an aromatic ring is 1. The molecule has 0 bridgehead atoms. The van der Waals surface area contributed by atoms with E-state index in [9.17, 15) is 0 Å². The van der Waals surface area contributed by atoms with Gasteiger partial charge in [0.05, 0.1) is 0 Å². The third kappa shape index (κ3) is 2.24. The van der Waals surface area contributed by atoms with Crippen LogP contribution in [0.4, 0.5) is 11.8 Å². The van der Waals surface area contributed by atoms with Crippen LogP contribution in [0.2, 0.25) is 0 Å². The summed E-state index contributed by atoms with van der Waals surface area (Å²) in [6.45, 7) is 2.87. The van der Waals surface area contributed by atoms with Crippen molar-refractivity contribution in [1.29, 1.82) is 0 Å². The van der Waals surface area contributed by atoms with Gasteiger partial charge in [-0.1, -0.05) is 24.3 Å². The van der Waals surface area contributed by atoms with Crippen molar-refractivity contribution >= 4 is 11.8 Å². The molecule has 1 aromatic heterocycles. The van der Waals surface area contributed by atoms with Gasteiger partial charge in [-0.3, -0.25) is 5.43 Å². The fourth-order valence-corrected chi connectivity index (χ4v) is 2.46. The zero-order chi connectivity index (χ0) is 13.2. The number of hydrogen-bond acceptors (Lipinski definition) is 5. The minimum absolute atomic E-state index is 0.433. The van der Waals surface area contributed by atoms with E-state index in [0.717, 1.165) is 24.3 Å². The van der Waals surface area contributed by atoms with Crippen LogP contribution in [0.15, 0.2) is 30.5 Å². The van der Waals surface area contributed by atoms with Crippen molar-refractivity contribution in [3.63, 3.8) is 0 Å². The molecule has 19 heavy (non-hydrogen) atoms. The Balaban J connectivity index is 1.68. The van der Waals surface area contributed by atoms with E-state index in [1.807, 2.05) is 6.92 Å². The fourth-order valence-electron chi connectivity index (χ4n) is 2.46. The first kappa shape index (κ1) is 11.9. The summed E-state index contributed by atoms with van der Waals surface area (Å²) in [6.07, 6.45) is 2.90. The van der Waals surface area contributed by atoms with E-state index in [1.54, 1.807) is 6.20 Å². The Kier molecular flexibility index (Phi) is 3.05. The van der Waals surface area contributed by atoms with Crippen LogP contribution in [-0.4, -0.2) is 16.5 Å². The summed E-state index contributed by atoms with van der Waals surface area (Å²) in [5.41, 5.74) is 6.38. The van der Waals surface area contributed by atoms with Crippen LogP contribution in [0.5, 0.6) is 0 Å². The molecular weight excluding hydrogens is 238 g/mol. The predicted molar refractivity (Wildman–Crippen MR) is 76.0 cm³/mol. The summed E-state index contributed by atoms with van der Waals surface area (Å²) in [4.78, 5) is 8.39. The van der Waals surface area contributed by atoms with Crippen molar-refractivity contribution in [2.75, 3.05) is 17.3 Å². The lowest BCUT2D eigenvalue weighted by Crippen LogP contribution is -2.25. The molecule has 1 aliphatic carbocycles. The highest BCUT2D eigenvalue weighted by Crippen LogP contribution is 2.34. The number of nitrogens with two attached hydrogens (primary N) is 1. The number of fused-ring (bicyclic) bond motifs is 1. The lowest BCUT2D eigenvalue weighted by atomic mass is 9.77. The van der Waals surface area contributed by atoms with Gasteiger partial charge in [-0.25, -0.2) is 10.8 Å². The Hall–Kier alpha value is -2.14. The second kappa shape index (κ2) is 4.85. The van der Waals surface area contributed by atoms with Crippen LogP contribution in [0.1, 0.15) is 22.6 Å². The molecule has 1 aromatic carbocycles. The van der Waals surface area contributed by atoms with E-state index in [1.165, 1.54) is 11.1 Å². The maximum Gasteiger partial charge on any atom is 0.239 e. The van der Waals surface area contributed by atoms with Gasteiger partial charge >= 0.3 is 0 Å². The van der Waals surface area contributed by atoms with Gasteiger partial charge in [0.25, 0.3) is 0 Å². The first-order valence-corrected chi connectivity index (χ1v) is 6.40. The molecule has 98 valence electrons. The van der Waals surface area contributed by atoms with Crippen molar-refractivity contribution in [2.45, 2.75) is 19.3 Å². The molecule has 1 atom stereocenters. The van der Waals surface area contributed by atoms with E-state index in [4.69, 9.17) is 5.84 Å². The molecule has 3 rings (SSSR count). The Bertz CT molecular complexity index is 596. The first-order chi connectivity index (χ1) is 9.28. The quantitative estimate of drug-likeness (QED) is 0.574. The highest BCUT2D eigenvalue weighted by molar-refractivity contribution is 5.48. The molecule has 5 heteroatoms. The minimum atomic E-state index is 0.433. The number of nitrogens with zero attached hydrogens (tertiary/aromatic N) is 2. The molecule has 0 radical (unpaired) electrons. The Morgan fingerprint density at radius 3 is 3.00 bits per heavy atom. The Morgan fingerprint density at radius 1 is 1.37 bits per heavy atom. The Morgan fingerprint density at radius 2 is 2.21 bits per heavy atom. The van der Waals surface area contributed by atoms with Crippen LogP contribution in [0.3, 0.4) is 0 Å². The molecular formula is C14H17N5. The summed E-state index contributed by atoms with van der Waals surface area (Å²) in [5.74, 6) is 7.16. The average Bonchev–Trinajstić information content (AvgIpc) is 2.42. The predicted octanol–water partition coefficient (Wildman–Crippen LogP) is 1.82. The Labute approximate surface area is 112 Å². The number of nitrogens with one attached hydrogen (secondary N) is 2. The summed E-state index contributed by atoms with van der Waals surface area (Å²) in [6, 6.07) is 8.58. The third-order valence-corrected chi connectivity index (χ3v) is 3.58. The second-order valence-electron chi connectivity index (χ2n) is 4.85.